The maximum absolute atomic E-state index is 12.1. The van der Waals surface area contributed by atoms with Gasteiger partial charge in [0.05, 0.1) is 6.20 Å². The van der Waals surface area contributed by atoms with Gasteiger partial charge in [-0.3, -0.25) is 4.68 Å². The summed E-state index contributed by atoms with van der Waals surface area (Å²) < 4.78 is 41.7. The van der Waals surface area contributed by atoms with Crippen LogP contribution in [0.5, 0.6) is 5.75 Å². The SMILES string of the molecule is Cn1cc(CNc2cccc(OC(F)(F)F)c2)cn1. The van der Waals surface area contributed by atoms with Crippen LogP contribution in [0.4, 0.5) is 18.9 Å². The van der Waals surface area contributed by atoms with Crippen molar-refractivity contribution >= 4 is 5.69 Å². The first kappa shape index (κ1) is 13.3. The summed E-state index contributed by atoms with van der Waals surface area (Å²) in [7, 11) is 1.79. The molecule has 7 heteroatoms. The summed E-state index contributed by atoms with van der Waals surface area (Å²) in [5.41, 5.74) is 1.48. The van der Waals surface area contributed by atoms with E-state index in [1.165, 1.54) is 18.2 Å². The van der Waals surface area contributed by atoms with Crippen molar-refractivity contribution in [1.82, 2.24) is 9.78 Å². The van der Waals surface area contributed by atoms with Gasteiger partial charge in [-0.05, 0) is 12.1 Å². The van der Waals surface area contributed by atoms with E-state index in [-0.39, 0.29) is 5.75 Å². The van der Waals surface area contributed by atoms with Crippen LogP contribution in [0.15, 0.2) is 36.7 Å². The Morgan fingerprint density at radius 2 is 2.16 bits per heavy atom. The van der Waals surface area contributed by atoms with Crippen LogP contribution in [-0.4, -0.2) is 16.1 Å². The van der Waals surface area contributed by atoms with Gasteiger partial charge in [-0.25, -0.2) is 0 Å². The van der Waals surface area contributed by atoms with E-state index in [1.807, 2.05) is 6.20 Å². The van der Waals surface area contributed by atoms with E-state index in [9.17, 15) is 13.2 Å². The van der Waals surface area contributed by atoms with Crippen LogP contribution in [0, 0.1) is 0 Å². The minimum atomic E-state index is -4.68. The molecule has 4 nitrogen and oxygen atoms in total. The van der Waals surface area contributed by atoms with Crippen molar-refractivity contribution in [2.24, 2.45) is 7.05 Å². The topological polar surface area (TPSA) is 39.1 Å². The van der Waals surface area contributed by atoms with Gasteiger partial charge in [-0.15, -0.1) is 13.2 Å². The molecule has 102 valence electrons. The molecule has 1 heterocycles. The van der Waals surface area contributed by atoms with E-state index in [4.69, 9.17) is 0 Å². The maximum Gasteiger partial charge on any atom is 0.573 e. The molecule has 0 fully saturated rings. The Hall–Kier alpha value is -2.18. The van der Waals surface area contributed by atoms with Gasteiger partial charge >= 0.3 is 6.36 Å². The van der Waals surface area contributed by atoms with Gasteiger partial charge in [0, 0.05) is 37.1 Å². The number of anilines is 1. The predicted octanol–water partition coefficient (Wildman–Crippen LogP) is 2.93. The molecule has 0 saturated heterocycles. The number of alkyl halides is 3. The maximum atomic E-state index is 12.1. The molecule has 19 heavy (non-hydrogen) atoms. The fourth-order valence-corrected chi connectivity index (χ4v) is 1.57. The molecule has 0 saturated carbocycles. The second-order valence-electron chi connectivity index (χ2n) is 3.95. The highest BCUT2D eigenvalue weighted by Crippen LogP contribution is 2.25. The molecule has 0 unspecified atom stereocenters. The van der Waals surface area contributed by atoms with Crippen LogP contribution < -0.4 is 10.1 Å². The van der Waals surface area contributed by atoms with Crippen molar-refractivity contribution < 1.29 is 17.9 Å². The lowest BCUT2D eigenvalue weighted by Crippen LogP contribution is -2.17. The number of benzene rings is 1. The zero-order valence-corrected chi connectivity index (χ0v) is 10.1. The largest absolute Gasteiger partial charge is 0.573 e. The van der Waals surface area contributed by atoms with Gasteiger partial charge in [0.1, 0.15) is 5.75 Å². The minimum Gasteiger partial charge on any atom is -0.406 e. The second-order valence-corrected chi connectivity index (χ2v) is 3.95. The van der Waals surface area contributed by atoms with Crippen LogP contribution in [0.1, 0.15) is 5.56 Å². The van der Waals surface area contributed by atoms with E-state index < -0.39 is 6.36 Å². The Bertz CT molecular complexity index is 551. The summed E-state index contributed by atoms with van der Waals surface area (Å²) in [6.07, 6.45) is -1.17. The number of aromatic nitrogens is 2. The summed E-state index contributed by atoms with van der Waals surface area (Å²) >= 11 is 0. The standard InChI is InChI=1S/C12H12F3N3O/c1-18-8-9(7-17-18)6-16-10-3-2-4-11(5-10)19-12(13,14)15/h2-5,7-8,16H,6H2,1H3. The zero-order valence-electron chi connectivity index (χ0n) is 10.1. The summed E-state index contributed by atoms with van der Waals surface area (Å²) in [5.74, 6) is -0.247. The highest BCUT2D eigenvalue weighted by atomic mass is 19.4. The smallest absolute Gasteiger partial charge is 0.406 e. The van der Waals surface area contributed by atoms with Crippen LogP contribution in [0.2, 0.25) is 0 Å². The lowest BCUT2D eigenvalue weighted by atomic mass is 10.3. The average Bonchev–Trinajstić information content (AvgIpc) is 2.71. The fraction of sp³-hybridized carbons (Fsp3) is 0.250. The molecule has 0 bridgehead atoms. The third-order valence-corrected chi connectivity index (χ3v) is 2.32. The van der Waals surface area contributed by atoms with Crippen molar-refractivity contribution in [2.75, 3.05) is 5.32 Å². The molecule has 0 spiro atoms. The van der Waals surface area contributed by atoms with E-state index in [1.54, 1.807) is 24.0 Å². The predicted molar refractivity (Wildman–Crippen MR) is 63.7 cm³/mol. The number of nitrogens with zero attached hydrogens (tertiary/aromatic N) is 2. The number of nitrogens with one attached hydrogen (secondary N) is 1. The average molecular weight is 271 g/mol. The molecule has 0 atom stereocenters. The number of aryl methyl sites for hydroxylation is 1. The number of ether oxygens (including phenoxy) is 1. The summed E-state index contributed by atoms with van der Waals surface area (Å²) in [5, 5.41) is 7.00. The molecule has 0 aliphatic carbocycles. The molecule has 2 aromatic rings. The molecule has 0 amide bonds. The Morgan fingerprint density at radius 1 is 1.37 bits per heavy atom. The van der Waals surface area contributed by atoms with E-state index in [2.05, 4.69) is 15.2 Å². The summed E-state index contributed by atoms with van der Waals surface area (Å²) in [4.78, 5) is 0. The van der Waals surface area contributed by atoms with Crippen molar-refractivity contribution in [1.29, 1.82) is 0 Å². The van der Waals surface area contributed by atoms with Crippen molar-refractivity contribution in [2.45, 2.75) is 12.9 Å². The Kier molecular flexibility index (Phi) is 3.64. The number of halogens is 3. The molecule has 1 aromatic heterocycles. The third-order valence-electron chi connectivity index (χ3n) is 2.32. The Balaban J connectivity index is 1.99. The van der Waals surface area contributed by atoms with Crippen LogP contribution in [0.3, 0.4) is 0 Å². The Morgan fingerprint density at radius 3 is 2.79 bits per heavy atom. The number of hydrogen-bond donors (Lipinski definition) is 1. The van der Waals surface area contributed by atoms with E-state index in [0.717, 1.165) is 5.56 Å². The summed E-state index contributed by atoms with van der Waals surface area (Å²) in [6.45, 7) is 0.476. The first-order valence-electron chi connectivity index (χ1n) is 5.49. The second kappa shape index (κ2) is 5.21. The third kappa shape index (κ3) is 4.20. The first-order valence-corrected chi connectivity index (χ1v) is 5.49. The van der Waals surface area contributed by atoms with E-state index >= 15 is 0 Å². The van der Waals surface area contributed by atoms with Gasteiger partial charge < -0.3 is 10.1 Å². The molecule has 0 aliphatic heterocycles. The first-order chi connectivity index (χ1) is 8.92. The molecule has 1 aromatic carbocycles. The zero-order chi connectivity index (χ0) is 13.9. The molecule has 1 N–H and O–H groups in total. The van der Waals surface area contributed by atoms with Crippen LogP contribution in [0.25, 0.3) is 0 Å². The highest BCUT2D eigenvalue weighted by Gasteiger charge is 2.31. The molecule has 0 aliphatic rings. The quantitative estimate of drug-likeness (QED) is 0.929. The van der Waals surface area contributed by atoms with Gasteiger partial charge in [-0.2, -0.15) is 5.10 Å². The monoisotopic (exact) mass is 271 g/mol. The molecule has 0 radical (unpaired) electrons. The van der Waals surface area contributed by atoms with Crippen molar-refractivity contribution in [3.05, 3.63) is 42.2 Å². The molecular formula is C12H12F3N3O. The molecule has 2 rings (SSSR count). The lowest BCUT2D eigenvalue weighted by Gasteiger charge is -2.10. The van der Waals surface area contributed by atoms with Crippen molar-refractivity contribution in [3.8, 4) is 5.75 Å². The minimum absolute atomic E-state index is 0.247. The fourth-order valence-electron chi connectivity index (χ4n) is 1.57. The van der Waals surface area contributed by atoms with Crippen LogP contribution in [-0.2, 0) is 13.6 Å². The number of hydrogen-bond acceptors (Lipinski definition) is 3. The summed E-state index contributed by atoms with van der Waals surface area (Å²) in [6, 6.07) is 5.71. The number of rotatable bonds is 4. The van der Waals surface area contributed by atoms with Gasteiger partial charge in [0.2, 0.25) is 0 Å². The normalized spacial score (nSPS) is 11.4. The lowest BCUT2D eigenvalue weighted by molar-refractivity contribution is -0.274. The Labute approximate surface area is 107 Å². The van der Waals surface area contributed by atoms with Crippen molar-refractivity contribution in [3.63, 3.8) is 0 Å². The molecular weight excluding hydrogens is 259 g/mol. The van der Waals surface area contributed by atoms with E-state index in [0.29, 0.717) is 12.2 Å². The van der Waals surface area contributed by atoms with Crippen LogP contribution >= 0.6 is 0 Å². The van der Waals surface area contributed by atoms with Gasteiger partial charge in [-0.1, -0.05) is 6.07 Å². The van der Waals surface area contributed by atoms with Gasteiger partial charge in [0.15, 0.2) is 0 Å². The highest BCUT2D eigenvalue weighted by molar-refractivity contribution is 5.48. The van der Waals surface area contributed by atoms with Gasteiger partial charge in [0.25, 0.3) is 0 Å².